The fraction of sp³-hybridized carbons (Fsp3) is 0.0400. The molecule has 0 saturated heterocycles. The number of nitrogens with zero attached hydrogens (tertiary/aromatic N) is 2. The van der Waals surface area contributed by atoms with E-state index in [2.05, 4.69) is 20.0 Å². The predicted molar refractivity (Wildman–Crippen MR) is 129 cm³/mol. The first-order valence-corrected chi connectivity index (χ1v) is 11.6. The molecule has 0 bridgehead atoms. The Morgan fingerprint density at radius 2 is 1.31 bits per heavy atom. The number of rotatable bonds is 5. The highest BCUT2D eigenvalue weighted by Crippen LogP contribution is 2.28. The van der Waals surface area contributed by atoms with Crippen molar-refractivity contribution >= 4 is 49.2 Å². The second-order valence-electron chi connectivity index (χ2n) is 7.52. The lowest BCUT2D eigenvalue weighted by molar-refractivity contribution is 0.601. The number of sulfonamides is 1. The van der Waals surface area contributed by atoms with E-state index in [0.717, 1.165) is 22.0 Å². The maximum atomic E-state index is 13.0. The van der Waals surface area contributed by atoms with Crippen LogP contribution in [-0.2, 0) is 10.0 Å². The van der Waals surface area contributed by atoms with Gasteiger partial charge in [0, 0.05) is 5.69 Å². The van der Waals surface area contributed by atoms with Gasteiger partial charge in [0.25, 0.3) is 10.0 Å². The molecular weight excluding hydrogens is 420 g/mol. The Morgan fingerprint density at radius 1 is 0.688 bits per heavy atom. The highest BCUT2D eigenvalue weighted by molar-refractivity contribution is 7.92. The minimum atomic E-state index is -3.84. The SMILES string of the molecule is Cc1ccc(S(=O)(=O)Nc2nc3ccccc3nc2Nc2ccc3ccccc3c2)cc1. The van der Waals surface area contributed by atoms with Gasteiger partial charge in [-0.2, -0.15) is 0 Å². The highest BCUT2D eigenvalue weighted by Gasteiger charge is 2.19. The largest absolute Gasteiger partial charge is 0.337 e. The molecular formula is C25H20N4O2S. The van der Waals surface area contributed by atoms with Crippen molar-refractivity contribution < 1.29 is 8.42 Å². The van der Waals surface area contributed by atoms with Crippen LogP contribution in [0.2, 0.25) is 0 Å². The zero-order valence-corrected chi connectivity index (χ0v) is 18.1. The van der Waals surface area contributed by atoms with Crippen molar-refractivity contribution in [1.29, 1.82) is 0 Å². The van der Waals surface area contributed by atoms with Crippen molar-refractivity contribution in [2.45, 2.75) is 11.8 Å². The maximum Gasteiger partial charge on any atom is 0.263 e. The summed E-state index contributed by atoms with van der Waals surface area (Å²) in [7, 11) is -3.84. The zero-order valence-electron chi connectivity index (χ0n) is 17.3. The summed E-state index contributed by atoms with van der Waals surface area (Å²) in [5.74, 6) is 0.465. The molecule has 2 N–H and O–H groups in total. The molecule has 32 heavy (non-hydrogen) atoms. The van der Waals surface area contributed by atoms with Gasteiger partial charge in [-0.25, -0.2) is 18.4 Å². The molecule has 4 aromatic carbocycles. The topological polar surface area (TPSA) is 84.0 Å². The number of aromatic nitrogens is 2. The van der Waals surface area contributed by atoms with Crippen LogP contribution in [0.25, 0.3) is 21.8 Å². The van der Waals surface area contributed by atoms with E-state index in [4.69, 9.17) is 0 Å². The molecule has 7 heteroatoms. The van der Waals surface area contributed by atoms with Crippen molar-refractivity contribution in [3.05, 3.63) is 96.6 Å². The number of hydrogen-bond donors (Lipinski definition) is 2. The van der Waals surface area contributed by atoms with Crippen molar-refractivity contribution in [1.82, 2.24) is 9.97 Å². The Labute approximate surface area is 186 Å². The van der Waals surface area contributed by atoms with Crippen molar-refractivity contribution in [2.24, 2.45) is 0 Å². The standard InChI is InChI=1S/C25H20N4O2S/c1-17-10-14-21(15-11-17)32(30,31)29-25-24(27-22-8-4-5-9-23(22)28-25)26-20-13-12-18-6-2-3-7-19(18)16-20/h2-16H,1H3,(H,26,27)(H,28,29). The second kappa shape index (κ2) is 7.94. The van der Waals surface area contributed by atoms with E-state index >= 15 is 0 Å². The molecule has 0 amide bonds. The second-order valence-corrected chi connectivity index (χ2v) is 9.20. The van der Waals surface area contributed by atoms with Gasteiger partial charge in [-0.1, -0.05) is 60.2 Å². The van der Waals surface area contributed by atoms with Crippen LogP contribution in [0.5, 0.6) is 0 Å². The predicted octanol–water partition coefficient (Wildman–Crippen LogP) is 5.64. The van der Waals surface area contributed by atoms with Crippen LogP contribution in [0.15, 0.2) is 95.9 Å². The lowest BCUT2D eigenvalue weighted by Gasteiger charge is -2.14. The van der Waals surface area contributed by atoms with Crippen LogP contribution in [0, 0.1) is 6.92 Å². The minimum absolute atomic E-state index is 0.137. The van der Waals surface area contributed by atoms with Crippen LogP contribution >= 0.6 is 0 Å². The first-order chi connectivity index (χ1) is 15.5. The summed E-state index contributed by atoms with van der Waals surface area (Å²) in [6, 6.07) is 27.9. The number of anilines is 3. The number of benzene rings is 4. The quantitative estimate of drug-likeness (QED) is 0.370. The maximum absolute atomic E-state index is 13.0. The molecule has 1 aromatic heterocycles. The highest BCUT2D eigenvalue weighted by atomic mass is 32.2. The molecule has 6 nitrogen and oxygen atoms in total. The van der Waals surface area contributed by atoms with E-state index in [-0.39, 0.29) is 10.7 Å². The van der Waals surface area contributed by atoms with Gasteiger partial charge in [-0.15, -0.1) is 0 Å². The Morgan fingerprint density at radius 3 is 2.03 bits per heavy atom. The van der Waals surface area contributed by atoms with Gasteiger partial charge in [0.2, 0.25) is 0 Å². The first kappa shape index (κ1) is 20.0. The Kier molecular flexibility index (Phi) is 4.95. The summed E-state index contributed by atoms with van der Waals surface area (Å²) in [4.78, 5) is 9.35. The third-order valence-corrected chi connectivity index (χ3v) is 6.50. The minimum Gasteiger partial charge on any atom is -0.337 e. The molecule has 0 spiro atoms. The smallest absolute Gasteiger partial charge is 0.263 e. The van der Waals surface area contributed by atoms with Gasteiger partial charge in [0.1, 0.15) is 0 Å². The van der Waals surface area contributed by atoms with E-state index in [0.29, 0.717) is 16.9 Å². The molecule has 5 aromatic rings. The number of nitrogens with one attached hydrogen (secondary N) is 2. The van der Waals surface area contributed by atoms with Crippen molar-refractivity contribution in [3.8, 4) is 0 Å². The number of para-hydroxylation sites is 2. The van der Waals surface area contributed by atoms with Crippen LogP contribution in [0.3, 0.4) is 0 Å². The van der Waals surface area contributed by atoms with Crippen LogP contribution in [0.4, 0.5) is 17.3 Å². The average Bonchev–Trinajstić information content (AvgIpc) is 2.79. The summed E-state index contributed by atoms with van der Waals surface area (Å²) in [6.07, 6.45) is 0. The normalized spacial score (nSPS) is 11.5. The van der Waals surface area contributed by atoms with Gasteiger partial charge in [-0.05, 0) is 54.1 Å². The Bertz CT molecular complexity index is 1550. The summed E-state index contributed by atoms with van der Waals surface area (Å²) >= 11 is 0. The summed E-state index contributed by atoms with van der Waals surface area (Å²) in [6.45, 7) is 1.91. The number of hydrogen-bond acceptors (Lipinski definition) is 5. The number of aryl methyl sites for hydroxylation is 1. The number of fused-ring (bicyclic) bond motifs is 2. The van der Waals surface area contributed by atoms with E-state index < -0.39 is 10.0 Å². The molecule has 0 fully saturated rings. The molecule has 158 valence electrons. The molecule has 5 rings (SSSR count). The molecule has 0 saturated carbocycles. The van der Waals surface area contributed by atoms with Gasteiger partial charge in [0.05, 0.1) is 15.9 Å². The fourth-order valence-electron chi connectivity index (χ4n) is 3.47. The molecule has 0 aliphatic heterocycles. The molecule has 0 radical (unpaired) electrons. The molecule has 1 heterocycles. The lowest BCUT2D eigenvalue weighted by atomic mass is 10.1. The molecule has 0 atom stereocenters. The third kappa shape index (κ3) is 3.98. The van der Waals surface area contributed by atoms with E-state index in [1.807, 2.05) is 67.6 Å². The third-order valence-electron chi connectivity index (χ3n) is 5.15. The van der Waals surface area contributed by atoms with E-state index in [1.165, 1.54) is 0 Å². The Balaban J connectivity index is 1.57. The van der Waals surface area contributed by atoms with Crippen LogP contribution < -0.4 is 10.0 Å². The molecule has 0 aliphatic carbocycles. The van der Waals surface area contributed by atoms with Gasteiger partial charge in [-0.3, -0.25) is 4.72 Å². The summed E-state index contributed by atoms with van der Waals surface area (Å²) in [5.41, 5.74) is 3.02. The van der Waals surface area contributed by atoms with Gasteiger partial charge < -0.3 is 5.32 Å². The van der Waals surface area contributed by atoms with E-state index in [1.54, 1.807) is 30.3 Å². The summed E-state index contributed by atoms with van der Waals surface area (Å²) < 4.78 is 28.7. The lowest BCUT2D eigenvalue weighted by Crippen LogP contribution is -2.16. The first-order valence-electron chi connectivity index (χ1n) is 10.1. The fourth-order valence-corrected chi connectivity index (χ4v) is 4.47. The van der Waals surface area contributed by atoms with Crippen molar-refractivity contribution in [3.63, 3.8) is 0 Å². The van der Waals surface area contributed by atoms with Crippen LogP contribution in [0.1, 0.15) is 5.56 Å². The molecule has 0 unspecified atom stereocenters. The van der Waals surface area contributed by atoms with Crippen LogP contribution in [-0.4, -0.2) is 18.4 Å². The molecule has 0 aliphatic rings. The van der Waals surface area contributed by atoms with Gasteiger partial charge in [0.15, 0.2) is 11.6 Å². The zero-order chi connectivity index (χ0) is 22.1. The van der Waals surface area contributed by atoms with E-state index in [9.17, 15) is 8.42 Å². The monoisotopic (exact) mass is 440 g/mol. The summed E-state index contributed by atoms with van der Waals surface area (Å²) in [5, 5.41) is 5.42. The van der Waals surface area contributed by atoms with Gasteiger partial charge >= 0.3 is 0 Å². The Hall–Kier alpha value is -3.97. The average molecular weight is 441 g/mol. The van der Waals surface area contributed by atoms with Crippen molar-refractivity contribution in [2.75, 3.05) is 10.0 Å².